The van der Waals surface area contributed by atoms with Crippen LogP contribution in [0.15, 0.2) is 0 Å². The predicted octanol–water partition coefficient (Wildman–Crippen LogP) is 5.65. The molecule has 0 aromatic carbocycles. The lowest BCUT2D eigenvalue weighted by atomic mass is 9.91. The van der Waals surface area contributed by atoms with Crippen LogP contribution in [0.5, 0.6) is 0 Å². The van der Waals surface area contributed by atoms with E-state index in [-0.39, 0.29) is 0 Å². The van der Waals surface area contributed by atoms with Crippen molar-refractivity contribution in [2.45, 2.75) is 99.8 Å². The molecule has 142 valence electrons. The molecule has 0 saturated carbocycles. The van der Waals surface area contributed by atoms with Gasteiger partial charge in [-0.25, -0.2) is 9.34 Å². The van der Waals surface area contributed by atoms with Crippen molar-refractivity contribution >= 4 is 8.45 Å². The molecule has 0 radical (unpaired) electrons. The summed E-state index contributed by atoms with van der Waals surface area (Å²) in [6.45, 7) is 23.2. The molecular formula is C19H40N3OP. The highest BCUT2D eigenvalue weighted by Crippen LogP contribution is 2.52. The number of hydrogen-bond acceptors (Lipinski definition) is 4. The Morgan fingerprint density at radius 2 is 1.29 bits per heavy atom. The second-order valence-corrected chi connectivity index (χ2v) is 9.57. The van der Waals surface area contributed by atoms with E-state index in [1.54, 1.807) is 0 Å². The van der Waals surface area contributed by atoms with Gasteiger partial charge < -0.3 is 4.52 Å². The Kier molecular flexibility index (Phi) is 11.3. The number of rotatable bonds is 11. The molecule has 0 fully saturated rings. The van der Waals surface area contributed by atoms with E-state index < -0.39 is 8.45 Å². The van der Waals surface area contributed by atoms with E-state index in [4.69, 9.17) is 9.79 Å². The third kappa shape index (κ3) is 6.96. The quantitative estimate of drug-likeness (QED) is 0.354. The van der Waals surface area contributed by atoms with Gasteiger partial charge in [-0.2, -0.15) is 5.26 Å². The van der Waals surface area contributed by atoms with Crippen LogP contribution in [0.4, 0.5) is 0 Å². The summed E-state index contributed by atoms with van der Waals surface area (Å²) in [5.41, 5.74) is 0. The van der Waals surface area contributed by atoms with Gasteiger partial charge in [-0.3, -0.25) is 0 Å². The molecular weight excluding hydrogens is 317 g/mol. The van der Waals surface area contributed by atoms with Crippen LogP contribution in [0, 0.1) is 23.2 Å². The molecule has 24 heavy (non-hydrogen) atoms. The topological polar surface area (TPSA) is 39.5 Å². The van der Waals surface area contributed by atoms with Crippen LogP contribution in [-0.4, -0.2) is 40.1 Å². The fourth-order valence-corrected chi connectivity index (χ4v) is 5.51. The highest BCUT2D eigenvalue weighted by Gasteiger charge is 2.37. The van der Waals surface area contributed by atoms with Crippen molar-refractivity contribution in [1.82, 2.24) is 9.34 Å². The van der Waals surface area contributed by atoms with E-state index in [1.165, 1.54) is 0 Å². The Morgan fingerprint density at radius 1 is 0.833 bits per heavy atom. The molecule has 0 aromatic heterocycles. The number of nitrogens with zero attached hydrogens (tertiary/aromatic N) is 3. The Hall–Kier alpha value is -0.200. The van der Waals surface area contributed by atoms with Crippen LogP contribution in [0.25, 0.3) is 0 Å². The molecule has 0 saturated heterocycles. The minimum absolute atomic E-state index is 0.398. The molecule has 0 aliphatic rings. The van der Waals surface area contributed by atoms with Gasteiger partial charge in [0.25, 0.3) is 0 Å². The molecule has 0 spiro atoms. The Morgan fingerprint density at radius 3 is 1.62 bits per heavy atom. The molecule has 0 N–H and O–H groups in total. The molecule has 0 aliphatic carbocycles. The molecule has 4 nitrogen and oxygen atoms in total. The van der Waals surface area contributed by atoms with Crippen molar-refractivity contribution in [1.29, 1.82) is 5.26 Å². The van der Waals surface area contributed by atoms with Gasteiger partial charge in [0.1, 0.15) is 0 Å². The number of hydrogen-bond donors (Lipinski definition) is 0. The van der Waals surface area contributed by atoms with Gasteiger partial charge in [0.05, 0.1) is 19.1 Å². The summed E-state index contributed by atoms with van der Waals surface area (Å²) in [6, 6.07) is 3.84. The maximum Gasteiger partial charge on any atom is 0.188 e. The zero-order valence-corrected chi connectivity index (χ0v) is 18.5. The van der Waals surface area contributed by atoms with E-state index >= 15 is 0 Å². The fourth-order valence-electron chi connectivity index (χ4n) is 3.04. The van der Waals surface area contributed by atoms with Crippen LogP contribution < -0.4 is 0 Å². The van der Waals surface area contributed by atoms with E-state index in [1.807, 2.05) is 0 Å². The summed E-state index contributed by atoms with van der Waals surface area (Å²) in [4.78, 5) is 0. The van der Waals surface area contributed by atoms with Crippen molar-refractivity contribution in [2.75, 3.05) is 6.61 Å². The summed E-state index contributed by atoms with van der Waals surface area (Å²) in [5.74, 6) is 1.21. The Bertz CT molecular complexity index is 371. The monoisotopic (exact) mass is 357 g/mol. The molecule has 0 bridgehead atoms. The van der Waals surface area contributed by atoms with E-state index in [0.29, 0.717) is 49.0 Å². The molecule has 0 aliphatic heterocycles. The summed E-state index contributed by atoms with van der Waals surface area (Å²) >= 11 is 0. The van der Waals surface area contributed by atoms with Crippen molar-refractivity contribution in [3.05, 3.63) is 0 Å². The third-order valence-corrected chi connectivity index (χ3v) is 7.59. The fraction of sp³-hybridized carbons (Fsp3) is 0.947. The van der Waals surface area contributed by atoms with E-state index in [2.05, 4.69) is 84.6 Å². The molecule has 0 aromatic rings. The van der Waals surface area contributed by atoms with Gasteiger partial charge in [0.2, 0.25) is 0 Å². The lowest BCUT2D eigenvalue weighted by molar-refractivity contribution is 0.146. The summed E-state index contributed by atoms with van der Waals surface area (Å²) in [5, 5.41) is 8.90. The first kappa shape index (κ1) is 23.8. The maximum atomic E-state index is 8.90. The second-order valence-electron chi connectivity index (χ2n) is 7.88. The summed E-state index contributed by atoms with van der Waals surface area (Å²) in [7, 11) is -0.899. The van der Waals surface area contributed by atoms with Crippen LogP contribution in [0.2, 0.25) is 0 Å². The van der Waals surface area contributed by atoms with E-state index in [0.717, 1.165) is 0 Å². The van der Waals surface area contributed by atoms with Gasteiger partial charge >= 0.3 is 0 Å². The molecule has 3 unspecified atom stereocenters. The standard InChI is InChI=1S/C19H40N3OP/c1-14(2)18(9)19(10)22(17(7)8)24(23-13-11-12-20)21(15(3)4)16(5)6/h14-19H,11,13H2,1-10H3. The Labute approximate surface area is 152 Å². The average Bonchev–Trinajstić information content (AvgIpc) is 2.45. The average molecular weight is 358 g/mol. The van der Waals surface area contributed by atoms with Crippen molar-refractivity contribution in [3.8, 4) is 6.07 Å². The van der Waals surface area contributed by atoms with Crippen LogP contribution in [-0.2, 0) is 4.52 Å². The zero-order valence-electron chi connectivity index (χ0n) is 17.6. The minimum atomic E-state index is -0.899. The molecule has 0 rings (SSSR count). The van der Waals surface area contributed by atoms with Crippen molar-refractivity contribution in [2.24, 2.45) is 11.8 Å². The van der Waals surface area contributed by atoms with Gasteiger partial charge in [-0.05, 0) is 60.3 Å². The molecule has 0 amide bonds. The first-order chi connectivity index (χ1) is 11.1. The minimum Gasteiger partial charge on any atom is -0.330 e. The maximum absolute atomic E-state index is 8.90. The molecule has 0 heterocycles. The first-order valence-electron chi connectivity index (χ1n) is 9.42. The van der Waals surface area contributed by atoms with Crippen LogP contribution >= 0.6 is 8.45 Å². The third-order valence-electron chi connectivity index (χ3n) is 4.63. The smallest absolute Gasteiger partial charge is 0.188 e. The highest BCUT2D eigenvalue weighted by molar-refractivity contribution is 7.47. The second kappa shape index (κ2) is 11.4. The van der Waals surface area contributed by atoms with Crippen molar-refractivity contribution in [3.63, 3.8) is 0 Å². The Balaban J connectivity index is 5.68. The van der Waals surface area contributed by atoms with Gasteiger partial charge in [0.15, 0.2) is 8.45 Å². The van der Waals surface area contributed by atoms with Gasteiger partial charge in [-0.15, -0.1) is 0 Å². The zero-order chi connectivity index (χ0) is 19.0. The van der Waals surface area contributed by atoms with Crippen LogP contribution in [0.3, 0.4) is 0 Å². The number of nitriles is 1. The lowest BCUT2D eigenvalue weighted by Crippen LogP contribution is -2.46. The van der Waals surface area contributed by atoms with Gasteiger partial charge in [0, 0.05) is 24.2 Å². The first-order valence-corrected chi connectivity index (χ1v) is 10.6. The lowest BCUT2D eigenvalue weighted by Gasteiger charge is -2.48. The summed E-state index contributed by atoms with van der Waals surface area (Å²) in [6.07, 6.45) is 0.447. The summed E-state index contributed by atoms with van der Waals surface area (Å²) < 4.78 is 11.4. The van der Waals surface area contributed by atoms with Gasteiger partial charge in [-0.1, -0.05) is 20.8 Å². The SMILES string of the molecule is CC(C)C(C)C(C)N(C(C)C)P(OCCC#N)N(C(C)C)C(C)C. The predicted molar refractivity (Wildman–Crippen MR) is 106 cm³/mol. The normalized spacial score (nSPS) is 16.5. The largest absolute Gasteiger partial charge is 0.330 e. The molecule has 5 heteroatoms. The van der Waals surface area contributed by atoms with Crippen molar-refractivity contribution < 1.29 is 4.52 Å². The molecule has 3 atom stereocenters. The van der Waals surface area contributed by atoms with E-state index in [9.17, 15) is 0 Å². The highest BCUT2D eigenvalue weighted by atomic mass is 31.2. The van der Waals surface area contributed by atoms with Crippen LogP contribution in [0.1, 0.15) is 75.7 Å².